The van der Waals surface area contributed by atoms with E-state index < -0.39 is 0 Å². The molecule has 0 aromatic carbocycles. The highest BCUT2D eigenvalue weighted by Crippen LogP contribution is 2.31. The third-order valence-corrected chi connectivity index (χ3v) is 3.68. The smallest absolute Gasteiger partial charge is 0.0269 e. The molecule has 0 aromatic heterocycles. The van der Waals surface area contributed by atoms with Gasteiger partial charge in [-0.25, -0.2) is 0 Å². The van der Waals surface area contributed by atoms with Crippen molar-refractivity contribution in [3.8, 4) is 0 Å². The molecule has 90 valence electrons. The molecule has 0 saturated heterocycles. The highest BCUT2D eigenvalue weighted by atomic mass is 15.1. The topological polar surface area (TPSA) is 15.3 Å². The fourth-order valence-electron chi connectivity index (χ4n) is 3.24. The predicted octanol–water partition coefficient (Wildman–Crippen LogP) is 2.35. The molecule has 4 unspecified atom stereocenters. The summed E-state index contributed by atoms with van der Waals surface area (Å²) in [6.45, 7) is 8.20. The molecular weight excluding hydrogens is 184 g/mol. The average Bonchev–Trinajstić information content (AvgIpc) is 2.12. The molecule has 1 rings (SSSR count). The Kier molecular flexibility index (Phi) is 5.07. The Morgan fingerprint density at radius 1 is 1.20 bits per heavy atom. The van der Waals surface area contributed by atoms with Crippen LogP contribution in [0.1, 0.15) is 40.0 Å². The van der Waals surface area contributed by atoms with Crippen molar-refractivity contribution in [3.63, 3.8) is 0 Å². The van der Waals surface area contributed by atoms with Crippen LogP contribution in [0.2, 0.25) is 0 Å². The Bertz CT molecular complexity index is 179. The van der Waals surface area contributed by atoms with Gasteiger partial charge >= 0.3 is 0 Å². The summed E-state index contributed by atoms with van der Waals surface area (Å²) in [5, 5.41) is 3.72. The Morgan fingerprint density at radius 3 is 2.40 bits per heavy atom. The van der Waals surface area contributed by atoms with E-state index in [4.69, 9.17) is 0 Å². The van der Waals surface area contributed by atoms with E-state index in [1.807, 2.05) is 0 Å². The summed E-state index contributed by atoms with van der Waals surface area (Å²) in [5.41, 5.74) is 0. The molecule has 0 aromatic rings. The zero-order valence-corrected chi connectivity index (χ0v) is 11.1. The van der Waals surface area contributed by atoms with Crippen molar-refractivity contribution in [1.29, 1.82) is 0 Å². The van der Waals surface area contributed by atoms with E-state index in [0.29, 0.717) is 12.1 Å². The molecule has 1 N–H and O–H groups in total. The van der Waals surface area contributed by atoms with Crippen molar-refractivity contribution < 1.29 is 0 Å². The van der Waals surface area contributed by atoms with Crippen molar-refractivity contribution in [2.45, 2.75) is 52.1 Å². The fraction of sp³-hybridized carbons (Fsp3) is 1.00. The lowest BCUT2D eigenvalue weighted by atomic mass is 9.76. The van der Waals surface area contributed by atoms with Gasteiger partial charge in [0.15, 0.2) is 0 Å². The SMILES string of the molecule is CCCNC1CC(C)CC(C)C1N(C)C. The first-order valence-electron chi connectivity index (χ1n) is 6.46. The summed E-state index contributed by atoms with van der Waals surface area (Å²) in [7, 11) is 4.44. The summed E-state index contributed by atoms with van der Waals surface area (Å²) in [6, 6.07) is 1.41. The van der Waals surface area contributed by atoms with Crippen LogP contribution in [0.15, 0.2) is 0 Å². The fourth-order valence-corrected chi connectivity index (χ4v) is 3.24. The van der Waals surface area contributed by atoms with Gasteiger partial charge in [0.1, 0.15) is 0 Å². The maximum absolute atomic E-state index is 3.72. The molecule has 0 heterocycles. The number of hydrogen-bond acceptors (Lipinski definition) is 2. The van der Waals surface area contributed by atoms with E-state index in [0.717, 1.165) is 18.4 Å². The van der Waals surface area contributed by atoms with Gasteiger partial charge in [0, 0.05) is 12.1 Å². The molecule has 1 saturated carbocycles. The van der Waals surface area contributed by atoms with E-state index >= 15 is 0 Å². The largest absolute Gasteiger partial charge is 0.312 e. The maximum Gasteiger partial charge on any atom is 0.0269 e. The lowest BCUT2D eigenvalue weighted by Crippen LogP contribution is -2.54. The molecule has 4 atom stereocenters. The zero-order chi connectivity index (χ0) is 11.4. The van der Waals surface area contributed by atoms with Crippen LogP contribution in [-0.2, 0) is 0 Å². The molecule has 1 aliphatic carbocycles. The molecule has 1 fully saturated rings. The molecule has 1 aliphatic rings. The van der Waals surface area contributed by atoms with Crippen molar-refractivity contribution >= 4 is 0 Å². The molecular formula is C13H28N2. The van der Waals surface area contributed by atoms with Crippen LogP contribution in [0.25, 0.3) is 0 Å². The first-order chi connectivity index (χ1) is 7.06. The molecule has 15 heavy (non-hydrogen) atoms. The third-order valence-electron chi connectivity index (χ3n) is 3.68. The lowest BCUT2D eigenvalue weighted by molar-refractivity contribution is 0.0985. The van der Waals surface area contributed by atoms with Crippen LogP contribution >= 0.6 is 0 Å². The first kappa shape index (κ1) is 13.0. The number of nitrogens with one attached hydrogen (secondary N) is 1. The van der Waals surface area contributed by atoms with Gasteiger partial charge in [0.2, 0.25) is 0 Å². The lowest BCUT2D eigenvalue weighted by Gasteiger charge is -2.43. The van der Waals surface area contributed by atoms with Gasteiger partial charge in [-0.3, -0.25) is 0 Å². The van der Waals surface area contributed by atoms with Gasteiger partial charge in [0.05, 0.1) is 0 Å². The second-order valence-corrected chi connectivity index (χ2v) is 5.57. The van der Waals surface area contributed by atoms with E-state index in [1.54, 1.807) is 0 Å². The summed E-state index contributed by atoms with van der Waals surface area (Å²) < 4.78 is 0. The van der Waals surface area contributed by atoms with Crippen LogP contribution in [0.5, 0.6) is 0 Å². The van der Waals surface area contributed by atoms with Gasteiger partial charge in [-0.1, -0.05) is 20.8 Å². The van der Waals surface area contributed by atoms with Crippen molar-refractivity contribution in [1.82, 2.24) is 10.2 Å². The van der Waals surface area contributed by atoms with Crippen LogP contribution in [0, 0.1) is 11.8 Å². The van der Waals surface area contributed by atoms with Crippen molar-refractivity contribution in [2.75, 3.05) is 20.6 Å². The Balaban J connectivity index is 2.60. The van der Waals surface area contributed by atoms with Crippen LogP contribution in [0.4, 0.5) is 0 Å². The molecule has 0 amide bonds. The summed E-state index contributed by atoms with van der Waals surface area (Å²) in [4.78, 5) is 2.41. The van der Waals surface area contributed by atoms with Gasteiger partial charge in [-0.05, 0) is 51.7 Å². The number of likely N-dealkylation sites (N-methyl/N-ethyl adjacent to an activating group) is 1. The second kappa shape index (κ2) is 5.86. The minimum Gasteiger partial charge on any atom is -0.312 e. The van der Waals surface area contributed by atoms with Crippen molar-refractivity contribution in [3.05, 3.63) is 0 Å². The molecule has 0 spiro atoms. The Labute approximate surface area is 95.4 Å². The normalized spacial score (nSPS) is 37.2. The van der Waals surface area contributed by atoms with Crippen LogP contribution in [0.3, 0.4) is 0 Å². The van der Waals surface area contributed by atoms with Gasteiger partial charge in [-0.2, -0.15) is 0 Å². The van der Waals surface area contributed by atoms with Crippen molar-refractivity contribution in [2.24, 2.45) is 11.8 Å². The van der Waals surface area contributed by atoms with Crippen LogP contribution < -0.4 is 5.32 Å². The summed E-state index contributed by atoms with van der Waals surface area (Å²) >= 11 is 0. The van der Waals surface area contributed by atoms with Crippen LogP contribution in [-0.4, -0.2) is 37.6 Å². The van der Waals surface area contributed by atoms with Gasteiger partial charge in [-0.15, -0.1) is 0 Å². The maximum atomic E-state index is 3.72. The second-order valence-electron chi connectivity index (χ2n) is 5.57. The Hall–Kier alpha value is -0.0800. The van der Waals surface area contributed by atoms with E-state index in [2.05, 4.69) is 45.1 Å². The standard InChI is InChI=1S/C13H28N2/c1-6-7-14-12-9-10(2)8-11(3)13(12)15(4)5/h10-14H,6-9H2,1-5H3. The summed E-state index contributed by atoms with van der Waals surface area (Å²) in [5.74, 6) is 1.70. The third kappa shape index (κ3) is 3.46. The van der Waals surface area contributed by atoms with E-state index in [9.17, 15) is 0 Å². The zero-order valence-electron chi connectivity index (χ0n) is 11.1. The number of nitrogens with zero attached hydrogens (tertiary/aromatic N) is 1. The predicted molar refractivity (Wildman–Crippen MR) is 67.1 cm³/mol. The monoisotopic (exact) mass is 212 g/mol. The van der Waals surface area contributed by atoms with Gasteiger partial charge in [0.25, 0.3) is 0 Å². The van der Waals surface area contributed by atoms with E-state index in [-0.39, 0.29) is 0 Å². The molecule has 2 heteroatoms. The highest BCUT2D eigenvalue weighted by molar-refractivity contribution is 4.92. The minimum absolute atomic E-state index is 0.693. The molecule has 0 aliphatic heterocycles. The molecule has 0 bridgehead atoms. The van der Waals surface area contributed by atoms with E-state index in [1.165, 1.54) is 19.3 Å². The Morgan fingerprint density at radius 2 is 1.87 bits per heavy atom. The summed E-state index contributed by atoms with van der Waals surface area (Å²) in [6.07, 6.45) is 3.96. The minimum atomic E-state index is 0.693. The quantitative estimate of drug-likeness (QED) is 0.769. The number of hydrogen-bond donors (Lipinski definition) is 1. The molecule has 0 radical (unpaired) electrons. The first-order valence-corrected chi connectivity index (χ1v) is 6.46. The average molecular weight is 212 g/mol. The highest BCUT2D eigenvalue weighted by Gasteiger charge is 2.34. The number of rotatable bonds is 4. The van der Waals surface area contributed by atoms with Gasteiger partial charge < -0.3 is 10.2 Å². The molecule has 2 nitrogen and oxygen atoms in total.